The number of hydrogen-bond donors (Lipinski definition) is 1. The highest BCUT2D eigenvalue weighted by molar-refractivity contribution is 5.80. The van der Waals surface area contributed by atoms with E-state index in [0.29, 0.717) is 25.9 Å². The van der Waals surface area contributed by atoms with Gasteiger partial charge in [-0.2, -0.15) is 0 Å². The summed E-state index contributed by atoms with van der Waals surface area (Å²) in [4.78, 5) is 14.6. The zero-order valence-electron chi connectivity index (χ0n) is 15.0. The van der Waals surface area contributed by atoms with Crippen molar-refractivity contribution in [3.63, 3.8) is 0 Å². The molecule has 1 heterocycles. The van der Waals surface area contributed by atoms with E-state index in [-0.39, 0.29) is 11.9 Å². The molecule has 0 aliphatic carbocycles. The summed E-state index contributed by atoms with van der Waals surface area (Å²) in [6.07, 6.45) is 0.542. The van der Waals surface area contributed by atoms with Crippen LogP contribution in [0.2, 0.25) is 0 Å². The van der Waals surface area contributed by atoms with Gasteiger partial charge in [0.25, 0.3) is 0 Å². The van der Waals surface area contributed by atoms with E-state index in [1.165, 1.54) is 5.56 Å². The molecular formula is C19H30N2O3. The van der Waals surface area contributed by atoms with Crippen LogP contribution in [0.25, 0.3) is 0 Å². The van der Waals surface area contributed by atoms with Gasteiger partial charge in [0.15, 0.2) is 0 Å². The summed E-state index contributed by atoms with van der Waals surface area (Å²) in [6.45, 7) is 9.48. The van der Waals surface area contributed by atoms with E-state index in [1.54, 1.807) is 6.92 Å². The molecule has 0 radical (unpaired) electrons. The number of nitrogens with one attached hydrogen (secondary N) is 1. The van der Waals surface area contributed by atoms with Crippen molar-refractivity contribution < 1.29 is 14.3 Å². The maximum atomic E-state index is 12.2. The Hall–Kier alpha value is -1.43. The monoisotopic (exact) mass is 334 g/mol. The van der Waals surface area contributed by atoms with Crippen LogP contribution < -0.4 is 5.32 Å². The smallest absolute Gasteiger partial charge is 0.249 e. The quantitative estimate of drug-likeness (QED) is 0.705. The molecular weight excluding hydrogens is 304 g/mol. The van der Waals surface area contributed by atoms with Gasteiger partial charge in [-0.05, 0) is 32.8 Å². The topological polar surface area (TPSA) is 50.8 Å². The third-order valence-electron chi connectivity index (χ3n) is 4.56. The number of nitrogens with zero attached hydrogens (tertiary/aromatic N) is 1. The summed E-state index contributed by atoms with van der Waals surface area (Å²) in [5.74, 6) is -0.0364. The number of carbonyl (C=O) groups excluding carboxylic acids is 1. The van der Waals surface area contributed by atoms with Crippen LogP contribution in [0.4, 0.5) is 0 Å². The van der Waals surface area contributed by atoms with Crippen molar-refractivity contribution in [3.05, 3.63) is 35.9 Å². The molecule has 1 fully saturated rings. The maximum Gasteiger partial charge on any atom is 0.249 e. The first-order chi connectivity index (χ1) is 11.6. The number of carbonyl (C=O) groups is 1. The van der Waals surface area contributed by atoms with Crippen LogP contribution in [0.1, 0.15) is 38.8 Å². The summed E-state index contributed by atoms with van der Waals surface area (Å²) in [6, 6.07) is 11.1. The van der Waals surface area contributed by atoms with E-state index in [4.69, 9.17) is 9.47 Å². The predicted octanol–water partition coefficient (Wildman–Crippen LogP) is 2.38. The molecule has 1 aliphatic rings. The van der Waals surface area contributed by atoms with Gasteiger partial charge in [-0.1, -0.05) is 30.3 Å². The molecule has 0 bridgehead atoms. The number of hydrogen-bond acceptors (Lipinski definition) is 4. The highest BCUT2D eigenvalue weighted by Crippen LogP contribution is 2.24. The second-order valence-corrected chi connectivity index (χ2v) is 6.29. The zero-order valence-corrected chi connectivity index (χ0v) is 15.0. The lowest BCUT2D eigenvalue weighted by Gasteiger charge is -2.25. The molecule has 2 rings (SSSR count). The molecule has 0 aromatic heterocycles. The van der Waals surface area contributed by atoms with Crippen LogP contribution >= 0.6 is 0 Å². The van der Waals surface area contributed by atoms with Crippen LogP contribution in [-0.4, -0.2) is 55.9 Å². The highest BCUT2D eigenvalue weighted by atomic mass is 16.5. The summed E-state index contributed by atoms with van der Waals surface area (Å²) in [7, 11) is 0. The molecule has 1 aromatic carbocycles. The summed E-state index contributed by atoms with van der Waals surface area (Å²) in [5, 5.41) is 3.11. The lowest BCUT2D eigenvalue weighted by atomic mass is 10.1. The van der Waals surface area contributed by atoms with Crippen LogP contribution in [0.15, 0.2) is 30.3 Å². The first-order valence-corrected chi connectivity index (χ1v) is 8.90. The Kier molecular flexibility index (Phi) is 7.69. The van der Waals surface area contributed by atoms with Gasteiger partial charge in [-0.15, -0.1) is 0 Å². The van der Waals surface area contributed by atoms with Crippen LogP contribution in [0.5, 0.6) is 0 Å². The van der Waals surface area contributed by atoms with Crippen LogP contribution in [0, 0.1) is 0 Å². The summed E-state index contributed by atoms with van der Waals surface area (Å²) in [5.41, 5.74) is 1.32. The van der Waals surface area contributed by atoms with Gasteiger partial charge in [0.05, 0.1) is 13.2 Å². The van der Waals surface area contributed by atoms with Crippen molar-refractivity contribution >= 4 is 5.91 Å². The molecule has 134 valence electrons. The molecule has 1 amide bonds. The van der Waals surface area contributed by atoms with Gasteiger partial charge in [0.1, 0.15) is 6.10 Å². The Balaban J connectivity index is 1.74. The van der Waals surface area contributed by atoms with Crippen molar-refractivity contribution in [1.82, 2.24) is 10.2 Å². The fourth-order valence-electron chi connectivity index (χ4n) is 3.02. The van der Waals surface area contributed by atoms with Gasteiger partial charge < -0.3 is 14.8 Å². The van der Waals surface area contributed by atoms with Crippen molar-refractivity contribution in [2.75, 3.05) is 32.9 Å². The molecule has 1 saturated heterocycles. The van der Waals surface area contributed by atoms with Crippen molar-refractivity contribution in [2.45, 2.75) is 45.4 Å². The summed E-state index contributed by atoms with van der Waals surface area (Å²) >= 11 is 0. The minimum absolute atomic E-state index is 0.0364. The molecule has 3 atom stereocenters. The lowest BCUT2D eigenvalue weighted by molar-refractivity contribution is -0.133. The van der Waals surface area contributed by atoms with E-state index in [1.807, 2.05) is 13.0 Å². The maximum absolute atomic E-state index is 12.2. The van der Waals surface area contributed by atoms with Gasteiger partial charge in [0, 0.05) is 31.8 Å². The first-order valence-electron chi connectivity index (χ1n) is 8.90. The van der Waals surface area contributed by atoms with Crippen LogP contribution in [0.3, 0.4) is 0 Å². The minimum atomic E-state index is -0.439. The van der Waals surface area contributed by atoms with Gasteiger partial charge in [-0.3, -0.25) is 9.69 Å². The van der Waals surface area contributed by atoms with E-state index in [0.717, 1.165) is 19.5 Å². The number of ether oxygens (including phenoxy) is 2. The van der Waals surface area contributed by atoms with Crippen molar-refractivity contribution in [1.29, 1.82) is 0 Å². The van der Waals surface area contributed by atoms with E-state index >= 15 is 0 Å². The Labute approximate surface area is 145 Å². The zero-order chi connectivity index (χ0) is 17.4. The van der Waals surface area contributed by atoms with Crippen molar-refractivity contribution in [3.8, 4) is 0 Å². The van der Waals surface area contributed by atoms with Gasteiger partial charge >= 0.3 is 0 Å². The molecule has 1 aromatic rings. The number of amides is 1. The van der Waals surface area contributed by atoms with E-state index in [2.05, 4.69) is 41.4 Å². The largest absolute Gasteiger partial charge is 0.379 e. The molecule has 1 aliphatic heterocycles. The molecule has 5 nitrogen and oxygen atoms in total. The average molecular weight is 334 g/mol. The van der Waals surface area contributed by atoms with Gasteiger partial charge in [-0.25, -0.2) is 0 Å². The Bertz CT molecular complexity index is 495. The second-order valence-electron chi connectivity index (χ2n) is 6.29. The fraction of sp³-hybridized carbons (Fsp3) is 0.632. The standard InChI is InChI=1S/C19H30N2O3/c1-4-23-12-13-24-16(3)19(22)20-18-10-11-21(14-18)15(2)17-8-6-5-7-9-17/h5-9,15-16,18H,4,10-14H2,1-3H3,(H,20,22)/t15-,16-,18-/m1/s1. The third-order valence-corrected chi connectivity index (χ3v) is 4.56. The van der Waals surface area contributed by atoms with E-state index in [9.17, 15) is 4.79 Å². The number of likely N-dealkylation sites (tertiary alicyclic amines) is 1. The molecule has 0 unspecified atom stereocenters. The molecule has 0 spiro atoms. The van der Waals surface area contributed by atoms with Crippen LogP contribution in [-0.2, 0) is 14.3 Å². The van der Waals surface area contributed by atoms with Crippen molar-refractivity contribution in [2.24, 2.45) is 0 Å². The highest BCUT2D eigenvalue weighted by Gasteiger charge is 2.28. The van der Waals surface area contributed by atoms with Gasteiger partial charge in [0.2, 0.25) is 5.91 Å². The lowest BCUT2D eigenvalue weighted by Crippen LogP contribution is -2.43. The molecule has 1 N–H and O–H groups in total. The Morgan fingerprint density at radius 3 is 2.75 bits per heavy atom. The first kappa shape index (κ1) is 18.9. The SMILES string of the molecule is CCOCCO[C@H](C)C(=O)N[C@@H]1CCN([C@H](C)c2ccccc2)C1. The second kappa shape index (κ2) is 9.77. The predicted molar refractivity (Wildman–Crippen MR) is 94.9 cm³/mol. The molecule has 5 heteroatoms. The Morgan fingerprint density at radius 2 is 2.04 bits per heavy atom. The molecule has 0 saturated carbocycles. The average Bonchev–Trinajstić information content (AvgIpc) is 3.07. The number of rotatable bonds is 9. The normalized spacial score (nSPS) is 20.7. The molecule has 24 heavy (non-hydrogen) atoms. The summed E-state index contributed by atoms with van der Waals surface area (Å²) < 4.78 is 10.7. The third kappa shape index (κ3) is 5.58. The number of benzene rings is 1. The van der Waals surface area contributed by atoms with E-state index < -0.39 is 6.10 Å². The fourth-order valence-corrected chi connectivity index (χ4v) is 3.02. The Morgan fingerprint density at radius 1 is 1.29 bits per heavy atom. The minimum Gasteiger partial charge on any atom is -0.379 e.